The quantitative estimate of drug-likeness (QED) is 0.672. The second kappa shape index (κ2) is 5.79. The van der Waals surface area contributed by atoms with E-state index in [4.69, 9.17) is 9.15 Å². The van der Waals surface area contributed by atoms with Gasteiger partial charge in [-0.2, -0.15) is 13.2 Å². The topological polar surface area (TPSA) is 39.4 Å². The summed E-state index contributed by atoms with van der Waals surface area (Å²) in [6.07, 6.45) is -4.62. The Morgan fingerprint density at radius 2 is 1.74 bits per heavy atom. The van der Waals surface area contributed by atoms with E-state index < -0.39 is 17.4 Å². The molecule has 6 heteroatoms. The lowest BCUT2D eigenvalue weighted by atomic mass is 10.1. The van der Waals surface area contributed by atoms with E-state index in [0.717, 1.165) is 5.56 Å². The third-order valence-electron chi connectivity index (χ3n) is 3.27. The summed E-state index contributed by atoms with van der Waals surface area (Å²) in [5, 5.41) is -0.177. The minimum absolute atomic E-state index is 0.157. The minimum atomic E-state index is -4.62. The van der Waals surface area contributed by atoms with Crippen molar-refractivity contribution < 1.29 is 22.3 Å². The van der Waals surface area contributed by atoms with Crippen molar-refractivity contribution in [1.29, 1.82) is 0 Å². The number of hydrogen-bond acceptors (Lipinski definition) is 3. The van der Waals surface area contributed by atoms with Crippen molar-refractivity contribution >= 4 is 11.0 Å². The van der Waals surface area contributed by atoms with Gasteiger partial charge in [0.25, 0.3) is 0 Å². The van der Waals surface area contributed by atoms with E-state index in [1.807, 2.05) is 30.3 Å². The third-order valence-corrected chi connectivity index (χ3v) is 3.27. The van der Waals surface area contributed by atoms with Gasteiger partial charge in [0.2, 0.25) is 0 Å². The summed E-state index contributed by atoms with van der Waals surface area (Å²) in [7, 11) is 0. The molecule has 1 aromatic heterocycles. The van der Waals surface area contributed by atoms with E-state index >= 15 is 0 Å². The summed E-state index contributed by atoms with van der Waals surface area (Å²) in [5.74, 6) is 0.323. The molecule has 0 radical (unpaired) electrons. The largest absolute Gasteiger partial charge is 0.489 e. The van der Waals surface area contributed by atoms with Crippen LogP contribution in [0.2, 0.25) is 0 Å². The summed E-state index contributed by atoms with van der Waals surface area (Å²) in [5.41, 5.74) is -1.31. The number of halogens is 3. The molecule has 0 fully saturated rings. The zero-order valence-electron chi connectivity index (χ0n) is 11.8. The Morgan fingerprint density at radius 1 is 1.00 bits per heavy atom. The summed E-state index contributed by atoms with van der Waals surface area (Å²) >= 11 is 0. The Kier molecular flexibility index (Phi) is 3.82. The molecule has 23 heavy (non-hydrogen) atoms. The summed E-state index contributed by atoms with van der Waals surface area (Å²) in [6.45, 7) is 0.259. The minimum Gasteiger partial charge on any atom is -0.489 e. The van der Waals surface area contributed by atoms with Crippen molar-refractivity contribution in [2.75, 3.05) is 0 Å². The first-order chi connectivity index (χ1) is 10.9. The first-order valence-corrected chi connectivity index (χ1v) is 6.75. The zero-order chi connectivity index (χ0) is 16.4. The van der Waals surface area contributed by atoms with Crippen LogP contribution in [0.1, 0.15) is 11.1 Å². The molecule has 0 amide bonds. The Labute approximate surface area is 128 Å². The van der Waals surface area contributed by atoms with Gasteiger partial charge in [0, 0.05) is 17.5 Å². The second-order valence-electron chi connectivity index (χ2n) is 4.91. The van der Waals surface area contributed by atoms with Crippen LogP contribution in [-0.4, -0.2) is 0 Å². The average molecular weight is 320 g/mol. The average Bonchev–Trinajstić information content (AvgIpc) is 2.52. The van der Waals surface area contributed by atoms with Gasteiger partial charge < -0.3 is 9.15 Å². The highest BCUT2D eigenvalue weighted by atomic mass is 19.4. The molecule has 0 spiro atoms. The van der Waals surface area contributed by atoms with Gasteiger partial charge in [-0.05, 0) is 17.7 Å². The van der Waals surface area contributed by atoms with Crippen molar-refractivity contribution in [3.8, 4) is 5.75 Å². The Hall–Kier alpha value is -2.76. The van der Waals surface area contributed by atoms with Gasteiger partial charge in [0.05, 0.1) is 5.56 Å². The summed E-state index contributed by atoms with van der Waals surface area (Å²) < 4.78 is 49.2. The monoisotopic (exact) mass is 320 g/mol. The first kappa shape index (κ1) is 15.1. The van der Waals surface area contributed by atoms with Crippen LogP contribution >= 0.6 is 0 Å². The van der Waals surface area contributed by atoms with Gasteiger partial charge in [0.1, 0.15) is 17.9 Å². The van der Waals surface area contributed by atoms with Crippen LogP contribution in [0, 0.1) is 0 Å². The number of alkyl halides is 3. The molecule has 0 unspecified atom stereocenters. The van der Waals surface area contributed by atoms with Crippen LogP contribution in [0.15, 0.2) is 63.8 Å². The van der Waals surface area contributed by atoms with Crippen molar-refractivity contribution in [1.82, 2.24) is 0 Å². The van der Waals surface area contributed by atoms with Crippen LogP contribution in [0.3, 0.4) is 0 Å². The lowest BCUT2D eigenvalue weighted by Crippen LogP contribution is -2.11. The van der Waals surface area contributed by atoms with E-state index in [2.05, 4.69) is 0 Å². The summed E-state index contributed by atoms with van der Waals surface area (Å²) in [6, 6.07) is 13.7. The molecule has 118 valence electrons. The number of fused-ring (bicyclic) bond motifs is 1. The molecule has 0 saturated carbocycles. The molecule has 0 saturated heterocycles. The molecule has 1 heterocycles. The predicted octanol–water partition coefficient (Wildman–Crippen LogP) is 4.39. The fraction of sp³-hybridized carbons (Fsp3) is 0.118. The maximum atomic E-state index is 13.0. The number of ether oxygens (including phenoxy) is 1. The maximum Gasteiger partial charge on any atom is 0.417 e. The lowest BCUT2D eigenvalue weighted by Gasteiger charge is -2.11. The van der Waals surface area contributed by atoms with Crippen LogP contribution in [0.25, 0.3) is 11.0 Å². The van der Waals surface area contributed by atoms with Crippen LogP contribution < -0.4 is 10.4 Å². The Morgan fingerprint density at radius 3 is 2.43 bits per heavy atom. The number of benzene rings is 2. The van der Waals surface area contributed by atoms with Gasteiger partial charge >= 0.3 is 11.8 Å². The molecule has 0 atom stereocenters. The van der Waals surface area contributed by atoms with E-state index in [0.29, 0.717) is 11.8 Å². The van der Waals surface area contributed by atoms with Crippen molar-refractivity contribution in [2.24, 2.45) is 0 Å². The predicted molar refractivity (Wildman–Crippen MR) is 78.3 cm³/mol. The fourth-order valence-electron chi connectivity index (χ4n) is 2.21. The smallest absolute Gasteiger partial charge is 0.417 e. The summed E-state index contributed by atoms with van der Waals surface area (Å²) in [4.78, 5) is 11.3. The normalized spacial score (nSPS) is 11.6. The van der Waals surface area contributed by atoms with Crippen LogP contribution in [-0.2, 0) is 12.8 Å². The lowest BCUT2D eigenvalue weighted by molar-refractivity contribution is -0.136. The van der Waals surface area contributed by atoms with E-state index in [-0.39, 0.29) is 17.6 Å². The maximum absolute atomic E-state index is 13.0. The van der Waals surface area contributed by atoms with E-state index in [9.17, 15) is 18.0 Å². The molecular weight excluding hydrogens is 309 g/mol. The number of rotatable bonds is 3. The molecule has 3 rings (SSSR count). The molecule has 0 N–H and O–H groups in total. The number of hydrogen-bond donors (Lipinski definition) is 0. The van der Waals surface area contributed by atoms with Crippen molar-refractivity contribution in [3.63, 3.8) is 0 Å². The van der Waals surface area contributed by atoms with Crippen molar-refractivity contribution in [3.05, 3.63) is 76.1 Å². The molecule has 0 aliphatic carbocycles. The molecule has 3 nitrogen and oxygen atoms in total. The van der Waals surface area contributed by atoms with Gasteiger partial charge in [-0.15, -0.1) is 0 Å². The van der Waals surface area contributed by atoms with Crippen LogP contribution in [0.4, 0.5) is 13.2 Å². The van der Waals surface area contributed by atoms with E-state index in [1.54, 1.807) is 0 Å². The van der Waals surface area contributed by atoms with Crippen molar-refractivity contribution in [2.45, 2.75) is 12.8 Å². The standard InChI is InChI=1S/C17H11F3O3/c18-17(19,20)14-9-16(21)23-15-8-12(6-7-13(14)15)22-10-11-4-2-1-3-5-11/h1-9H,10H2. The zero-order valence-corrected chi connectivity index (χ0v) is 11.8. The SMILES string of the molecule is O=c1cc(C(F)(F)F)c2ccc(OCc3ccccc3)cc2o1. The molecule has 0 bridgehead atoms. The Balaban J connectivity index is 1.95. The van der Waals surface area contributed by atoms with Gasteiger partial charge in [-0.25, -0.2) is 4.79 Å². The van der Waals surface area contributed by atoms with Gasteiger partial charge in [0.15, 0.2) is 0 Å². The van der Waals surface area contributed by atoms with Gasteiger partial charge in [-0.1, -0.05) is 30.3 Å². The second-order valence-corrected chi connectivity index (χ2v) is 4.91. The molecular formula is C17H11F3O3. The third kappa shape index (κ3) is 3.36. The Bertz CT molecular complexity index is 883. The highest BCUT2D eigenvalue weighted by Crippen LogP contribution is 2.34. The van der Waals surface area contributed by atoms with Gasteiger partial charge in [-0.3, -0.25) is 0 Å². The first-order valence-electron chi connectivity index (χ1n) is 6.75. The molecule has 2 aromatic carbocycles. The molecule has 0 aliphatic heterocycles. The van der Waals surface area contributed by atoms with Crippen LogP contribution in [0.5, 0.6) is 5.75 Å². The fourth-order valence-corrected chi connectivity index (χ4v) is 2.21. The molecule has 3 aromatic rings. The highest BCUT2D eigenvalue weighted by molar-refractivity contribution is 5.82. The van der Waals surface area contributed by atoms with E-state index in [1.165, 1.54) is 18.2 Å². The molecule has 0 aliphatic rings. The highest BCUT2D eigenvalue weighted by Gasteiger charge is 2.33.